The zero-order valence-electron chi connectivity index (χ0n) is 16.4. The first kappa shape index (κ1) is 19.3. The number of hydrogen-bond donors (Lipinski definition) is 2. The van der Waals surface area contributed by atoms with E-state index in [1.54, 1.807) is 0 Å². The van der Waals surface area contributed by atoms with Gasteiger partial charge in [0.1, 0.15) is 0 Å². The largest absolute Gasteiger partial charge is 0.352 e. The number of nitrogens with zero attached hydrogens (tertiary/aromatic N) is 2. The molecule has 1 aromatic carbocycles. The van der Waals surface area contributed by atoms with Crippen LogP contribution in [0.4, 0.5) is 5.95 Å². The maximum Gasteiger partial charge on any atom is 0.251 e. The first-order chi connectivity index (χ1) is 13.1. The second-order valence-corrected chi connectivity index (χ2v) is 7.79. The Morgan fingerprint density at radius 3 is 2.56 bits per heavy atom. The Kier molecular flexibility index (Phi) is 6.80. The fourth-order valence-corrected chi connectivity index (χ4v) is 3.40. The minimum atomic E-state index is -0.0333. The van der Waals surface area contributed by atoms with Crippen molar-refractivity contribution in [1.82, 2.24) is 15.3 Å². The van der Waals surface area contributed by atoms with E-state index in [1.165, 1.54) is 32.1 Å². The molecule has 1 fully saturated rings. The number of benzene rings is 1. The van der Waals surface area contributed by atoms with Crippen molar-refractivity contribution >= 4 is 11.9 Å². The summed E-state index contributed by atoms with van der Waals surface area (Å²) in [6.07, 6.45) is 10.9. The Morgan fingerprint density at radius 2 is 1.85 bits per heavy atom. The summed E-state index contributed by atoms with van der Waals surface area (Å²) < 4.78 is 0. The van der Waals surface area contributed by atoms with Crippen LogP contribution in [-0.2, 0) is 0 Å². The van der Waals surface area contributed by atoms with Gasteiger partial charge in [0, 0.05) is 36.1 Å². The molecule has 1 aromatic heterocycles. The maximum absolute atomic E-state index is 12.3. The number of rotatable bonds is 7. The van der Waals surface area contributed by atoms with Gasteiger partial charge in [-0.15, -0.1) is 0 Å². The predicted octanol–water partition coefficient (Wildman–Crippen LogP) is 4.66. The van der Waals surface area contributed by atoms with Crippen LogP contribution in [0.3, 0.4) is 0 Å². The molecule has 3 rings (SSSR count). The Hall–Kier alpha value is -2.43. The molecule has 5 heteroatoms. The molecule has 1 saturated carbocycles. The highest BCUT2D eigenvalue weighted by atomic mass is 16.1. The molecule has 27 heavy (non-hydrogen) atoms. The van der Waals surface area contributed by atoms with E-state index in [0.717, 1.165) is 17.5 Å². The molecule has 0 radical (unpaired) electrons. The highest BCUT2D eigenvalue weighted by Gasteiger charge is 2.14. The van der Waals surface area contributed by atoms with Gasteiger partial charge >= 0.3 is 0 Å². The molecule has 1 aliphatic carbocycles. The zero-order chi connectivity index (χ0) is 19.1. The van der Waals surface area contributed by atoms with E-state index in [-0.39, 0.29) is 5.91 Å². The molecule has 2 aromatic rings. The van der Waals surface area contributed by atoms with Crippen LogP contribution >= 0.6 is 0 Å². The second-order valence-electron chi connectivity index (χ2n) is 7.79. The molecular weight excluding hydrogens is 336 g/mol. The van der Waals surface area contributed by atoms with Crippen molar-refractivity contribution in [3.05, 3.63) is 42.2 Å². The van der Waals surface area contributed by atoms with Gasteiger partial charge < -0.3 is 10.6 Å². The van der Waals surface area contributed by atoms with E-state index in [9.17, 15) is 4.79 Å². The Balaban J connectivity index is 1.63. The van der Waals surface area contributed by atoms with Crippen LogP contribution in [0.5, 0.6) is 0 Å². The van der Waals surface area contributed by atoms with E-state index in [4.69, 9.17) is 0 Å². The number of carbonyl (C=O) groups excluding carboxylic acids is 1. The van der Waals surface area contributed by atoms with Gasteiger partial charge in [-0.1, -0.05) is 45.2 Å². The smallest absolute Gasteiger partial charge is 0.251 e. The van der Waals surface area contributed by atoms with Gasteiger partial charge in [0.25, 0.3) is 5.91 Å². The van der Waals surface area contributed by atoms with Crippen LogP contribution in [0.15, 0.2) is 36.7 Å². The highest BCUT2D eigenvalue weighted by Crippen LogP contribution is 2.22. The number of carbonyl (C=O) groups is 1. The van der Waals surface area contributed by atoms with Gasteiger partial charge in [-0.25, -0.2) is 9.97 Å². The molecule has 0 aliphatic heterocycles. The SMILES string of the molecule is CC(C)CCNC(=O)c1cccc(-c2cnc(NC3CCCCC3)nc2)c1. The van der Waals surface area contributed by atoms with Gasteiger partial charge in [-0.2, -0.15) is 0 Å². The fraction of sp³-hybridized carbons (Fsp3) is 0.500. The number of nitrogens with one attached hydrogen (secondary N) is 2. The van der Waals surface area contributed by atoms with Gasteiger partial charge in [0.05, 0.1) is 0 Å². The summed E-state index contributed by atoms with van der Waals surface area (Å²) in [5, 5.41) is 6.42. The van der Waals surface area contributed by atoms with Gasteiger partial charge in [0.15, 0.2) is 0 Å². The predicted molar refractivity (Wildman–Crippen MR) is 110 cm³/mol. The Labute approximate surface area is 162 Å². The minimum Gasteiger partial charge on any atom is -0.352 e. The minimum absolute atomic E-state index is 0.0333. The van der Waals surface area contributed by atoms with Crippen molar-refractivity contribution < 1.29 is 4.79 Å². The monoisotopic (exact) mass is 366 g/mol. The van der Waals surface area contributed by atoms with Crippen molar-refractivity contribution in [3.63, 3.8) is 0 Å². The molecule has 5 nitrogen and oxygen atoms in total. The molecule has 1 amide bonds. The third-order valence-corrected chi connectivity index (χ3v) is 5.06. The van der Waals surface area contributed by atoms with E-state index < -0.39 is 0 Å². The molecule has 1 aliphatic rings. The van der Waals surface area contributed by atoms with E-state index >= 15 is 0 Å². The molecule has 0 bridgehead atoms. The fourth-order valence-electron chi connectivity index (χ4n) is 3.40. The molecule has 0 spiro atoms. The van der Waals surface area contributed by atoms with Crippen LogP contribution < -0.4 is 10.6 Å². The van der Waals surface area contributed by atoms with E-state index in [0.29, 0.717) is 30.0 Å². The van der Waals surface area contributed by atoms with Crippen LogP contribution in [0, 0.1) is 5.92 Å². The Morgan fingerprint density at radius 1 is 1.11 bits per heavy atom. The molecule has 2 N–H and O–H groups in total. The van der Waals surface area contributed by atoms with E-state index in [1.807, 2.05) is 36.7 Å². The zero-order valence-corrected chi connectivity index (χ0v) is 16.4. The average Bonchev–Trinajstić information content (AvgIpc) is 2.69. The number of amides is 1. The van der Waals surface area contributed by atoms with Crippen LogP contribution in [0.25, 0.3) is 11.1 Å². The summed E-state index contributed by atoms with van der Waals surface area (Å²) in [5.74, 6) is 1.23. The summed E-state index contributed by atoms with van der Waals surface area (Å²) >= 11 is 0. The van der Waals surface area contributed by atoms with Gasteiger partial charge in [-0.05, 0) is 42.9 Å². The summed E-state index contributed by atoms with van der Waals surface area (Å²) in [5.41, 5.74) is 2.54. The van der Waals surface area contributed by atoms with Crippen molar-refractivity contribution in [1.29, 1.82) is 0 Å². The molecule has 0 unspecified atom stereocenters. The summed E-state index contributed by atoms with van der Waals surface area (Å²) in [7, 11) is 0. The van der Waals surface area contributed by atoms with Crippen molar-refractivity contribution in [3.8, 4) is 11.1 Å². The first-order valence-electron chi connectivity index (χ1n) is 10.1. The Bertz CT molecular complexity index is 736. The quantitative estimate of drug-likeness (QED) is 0.747. The number of hydrogen-bond acceptors (Lipinski definition) is 4. The summed E-state index contributed by atoms with van der Waals surface area (Å²) in [4.78, 5) is 21.3. The van der Waals surface area contributed by atoms with Crippen LogP contribution in [0.2, 0.25) is 0 Å². The van der Waals surface area contributed by atoms with Crippen LogP contribution in [0.1, 0.15) is 62.7 Å². The van der Waals surface area contributed by atoms with E-state index in [2.05, 4.69) is 34.4 Å². The van der Waals surface area contributed by atoms with Gasteiger partial charge in [-0.3, -0.25) is 4.79 Å². The van der Waals surface area contributed by atoms with Crippen molar-refractivity contribution in [2.45, 2.75) is 58.4 Å². The molecule has 1 heterocycles. The molecule has 0 saturated heterocycles. The lowest BCUT2D eigenvalue weighted by Crippen LogP contribution is -2.25. The average molecular weight is 367 g/mol. The van der Waals surface area contributed by atoms with Crippen LogP contribution in [-0.4, -0.2) is 28.5 Å². The first-order valence-corrected chi connectivity index (χ1v) is 10.1. The third-order valence-electron chi connectivity index (χ3n) is 5.06. The lowest BCUT2D eigenvalue weighted by atomic mass is 9.96. The molecule has 0 atom stereocenters. The normalized spacial score (nSPS) is 14.9. The topological polar surface area (TPSA) is 66.9 Å². The number of aromatic nitrogens is 2. The highest BCUT2D eigenvalue weighted by molar-refractivity contribution is 5.95. The lowest BCUT2D eigenvalue weighted by Gasteiger charge is -2.22. The maximum atomic E-state index is 12.3. The standard InChI is InChI=1S/C22H30N4O/c1-16(2)11-12-23-21(27)18-8-6-7-17(13-18)19-14-24-22(25-15-19)26-20-9-4-3-5-10-20/h6-8,13-16,20H,3-5,9-12H2,1-2H3,(H,23,27)(H,24,25,26). The summed E-state index contributed by atoms with van der Waals surface area (Å²) in [6.45, 7) is 5.00. The molecular formula is C22H30N4O. The second kappa shape index (κ2) is 9.49. The molecule has 144 valence electrons. The number of anilines is 1. The van der Waals surface area contributed by atoms with Gasteiger partial charge in [0.2, 0.25) is 5.95 Å². The summed E-state index contributed by atoms with van der Waals surface area (Å²) in [6, 6.07) is 8.12. The third kappa shape index (κ3) is 5.78. The lowest BCUT2D eigenvalue weighted by molar-refractivity contribution is 0.0952. The van der Waals surface area contributed by atoms with Crippen molar-refractivity contribution in [2.75, 3.05) is 11.9 Å². The van der Waals surface area contributed by atoms with Crippen molar-refractivity contribution in [2.24, 2.45) is 5.92 Å².